The smallest absolute Gasteiger partial charge is 0.0211 e. The number of allylic oxidation sites excluding steroid dienone is 2. The van der Waals surface area contributed by atoms with Gasteiger partial charge in [0.25, 0.3) is 0 Å². The van der Waals surface area contributed by atoms with Crippen LogP contribution in [-0.2, 0) is 0 Å². The van der Waals surface area contributed by atoms with E-state index in [4.69, 9.17) is 0 Å². The third kappa shape index (κ3) is 4.22. The second-order valence-corrected chi connectivity index (χ2v) is 1.37. The van der Waals surface area contributed by atoms with Crippen molar-refractivity contribution < 1.29 is 0 Å². The Balaban J connectivity index is 2.62. The normalized spacial score (nSPS) is 10.0. The number of alkyl halides is 1. The minimum absolute atomic E-state index is 0.976. The first kappa shape index (κ1) is 5.22. The summed E-state index contributed by atoms with van der Waals surface area (Å²) in [6.45, 7) is 2.00. The molecule has 1 heteroatoms. The zero-order valence-corrected chi connectivity index (χ0v) is 4.83. The summed E-state index contributed by atoms with van der Waals surface area (Å²) in [5, 5.41) is 0.976. The van der Waals surface area contributed by atoms with Crippen LogP contribution in [0.1, 0.15) is 6.92 Å². The van der Waals surface area contributed by atoms with Crippen molar-refractivity contribution in [2.45, 2.75) is 6.92 Å². The SMILES string of the molecule is C/C=C\CBr. The predicted octanol–water partition coefficient (Wildman–Crippen LogP) is 1.96. The molecule has 0 heterocycles. The minimum Gasteiger partial charge on any atom is -0.0908 e. The van der Waals surface area contributed by atoms with Crippen LogP contribution in [0.5, 0.6) is 0 Å². The molecule has 0 saturated heterocycles. The molecule has 0 N–H and O–H groups in total. The molecule has 0 aliphatic rings. The van der Waals surface area contributed by atoms with Crippen molar-refractivity contribution in [3.8, 4) is 0 Å². The van der Waals surface area contributed by atoms with Crippen molar-refractivity contribution in [2.75, 3.05) is 5.33 Å². The fourth-order valence-electron chi connectivity index (χ4n) is 0.0891. The highest BCUT2D eigenvalue weighted by Gasteiger charge is 1.54. The summed E-state index contributed by atoms with van der Waals surface area (Å²) < 4.78 is 0. The van der Waals surface area contributed by atoms with E-state index in [-0.39, 0.29) is 0 Å². The molecular formula is C4H7Br. The van der Waals surface area contributed by atoms with Crippen molar-refractivity contribution >= 4 is 15.9 Å². The van der Waals surface area contributed by atoms with E-state index in [1.54, 1.807) is 0 Å². The van der Waals surface area contributed by atoms with Gasteiger partial charge in [-0.25, -0.2) is 0 Å². The maximum atomic E-state index is 3.22. The molecule has 0 aliphatic heterocycles. The molecule has 0 aromatic carbocycles. The summed E-state index contributed by atoms with van der Waals surface area (Å²) in [7, 11) is 0. The van der Waals surface area contributed by atoms with Gasteiger partial charge < -0.3 is 0 Å². The van der Waals surface area contributed by atoms with Crippen molar-refractivity contribution in [2.24, 2.45) is 0 Å². The Morgan fingerprint density at radius 3 is 2.40 bits per heavy atom. The van der Waals surface area contributed by atoms with E-state index in [0.29, 0.717) is 0 Å². The first-order valence-corrected chi connectivity index (χ1v) is 2.71. The fourth-order valence-corrected chi connectivity index (χ4v) is 0.463. The van der Waals surface area contributed by atoms with Crippen molar-refractivity contribution in [1.82, 2.24) is 0 Å². The predicted molar refractivity (Wildman–Crippen MR) is 28.6 cm³/mol. The Morgan fingerprint density at radius 1 is 1.80 bits per heavy atom. The topological polar surface area (TPSA) is 0 Å². The molecule has 0 aromatic rings. The average molecular weight is 135 g/mol. The molecule has 0 aliphatic carbocycles. The number of rotatable bonds is 1. The first-order valence-electron chi connectivity index (χ1n) is 1.59. The van der Waals surface area contributed by atoms with Crippen LogP contribution >= 0.6 is 15.9 Å². The van der Waals surface area contributed by atoms with Crippen LogP contribution in [0.4, 0.5) is 0 Å². The molecule has 0 spiro atoms. The lowest BCUT2D eigenvalue weighted by Gasteiger charge is -1.63. The molecule has 0 radical (unpaired) electrons. The molecule has 5 heavy (non-hydrogen) atoms. The third-order valence-electron chi connectivity index (χ3n) is 0.325. The monoisotopic (exact) mass is 134 g/mol. The van der Waals surface area contributed by atoms with Crippen LogP contribution in [-0.4, -0.2) is 5.33 Å². The largest absolute Gasteiger partial charge is 0.0908 e. The summed E-state index contributed by atoms with van der Waals surface area (Å²) in [5.74, 6) is 0. The summed E-state index contributed by atoms with van der Waals surface area (Å²) in [5.41, 5.74) is 0. The Morgan fingerprint density at radius 2 is 2.40 bits per heavy atom. The molecule has 0 unspecified atom stereocenters. The van der Waals surface area contributed by atoms with Gasteiger partial charge in [-0.1, -0.05) is 28.1 Å². The van der Waals surface area contributed by atoms with Crippen LogP contribution in [0.3, 0.4) is 0 Å². The Bertz CT molecular complexity index is 30.6. The summed E-state index contributed by atoms with van der Waals surface area (Å²) in [4.78, 5) is 0. The fraction of sp³-hybridized carbons (Fsp3) is 0.500. The van der Waals surface area contributed by atoms with E-state index in [1.807, 2.05) is 19.1 Å². The Kier molecular flexibility index (Phi) is 4.41. The molecule has 0 atom stereocenters. The Labute approximate surface area is 41.0 Å². The van der Waals surface area contributed by atoms with E-state index >= 15 is 0 Å². The first-order chi connectivity index (χ1) is 2.41. The second-order valence-electron chi connectivity index (χ2n) is 0.723. The van der Waals surface area contributed by atoms with Crippen LogP contribution in [0.2, 0.25) is 0 Å². The van der Waals surface area contributed by atoms with Gasteiger partial charge in [0, 0.05) is 5.33 Å². The highest BCUT2D eigenvalue weighted by Crippen LogP contribution is 1.77. The number of hydrogen-bond acceptors (Lipinski definition) is 0. The van der Waals surface area contributed by atoms with Gasteiger partial charge in [0.1, 0.15) is 0 Å². The summed E-state index contributed by atoms with van der Waals surface area (Å²) in [6, 6.07) is 0. The van der Waals surface area contributed by atoms with Gasteiger partial charge in [0.2, 0.25) is 0 Å². The van der Waals surface area contributed by atoms with Gasteiger partial charge in [0.05, 0.1) is 0 Å². The standard InChI is InChI=1S/C4H7Br/c1-2-3-4-5/h2-3H,4H2,1H3/b3-2-. The maximum Gasteiger partial charge on any atom is 0.0211 e. The van der Waals surface area contributed by atoms with Crippen LogP contribution in [0.15, 0.2) is 12.2 Å². The van der Waals surface area contributed by atoms with Gasteiger partial charge in [-0.3, -0.25) is 0 Å². The molecule has 0 saturated carbocycles. The lowest BCUT2D eigenvalue weighted by molar-refractivity contribution is 1.67. The van der Waals surface area contributed by atoms with Gasteiger partial charge in [-0.15, -0.1) is 0 Å². The van der Waals surface area contributed by atoms with E-state index in [2.05, 4.69) is 15.9 Å². The van der Waals surface area contributed by atoms with E-state index < -0.39 is 0 Å². The molecule has 0 aromatic heterocycles. The molecule has 0 bridgehead atoms. The van der Waals surface area contributed by atoms with Crippen molar-refractivity contribution in [3.63, 3.8) is 0 Å². The lowest BCUT2D eigenvalue weighted by Crippen LogP contribution is -1.49. The highest BCUT2D eigenvalue weighted by molar-refractivity contribution is 9.09. The van der Waals surface area contributed by atoms with E-state index in [1.165, 1.54) is 0 Å². The zero-order chi connectivity index (χ0) is 4.12. The molecular weight excluding hydrogens is 128 g/mol. The highest BCUT2D eigenvalue weighted by atomic mass is 79.9. The molecule has 0 amide bonds. The van der Waals surface area contributed by atoms with Crippen LogP contribution in [0.25, 0.3) is 0 Å². The summed E-state index contributed by atoms with van der Waals surface area (Å²) >= 11 is 3.22. The van der Waals surface area contributed by atoms with E-state index in [9.17, 15) is 0 Å². The minimum atomic E-state index is 0.976. The van der Waals surface area contributed by atoms with E-state index in [0.717, 1.165) is 5.33 Å². The van der Waals surface area contributed by atoms with Gasteiger partial charge in [0.15, 0.2) is 0 Å². The number of halogens is 1. The third-order valence-corrected chi connectivity index (χ3v) is 0.699. The van der Waals surface area contributed by atoms with Crippen LogP contribution in [0, 0.1) is 0 Å². The lowest BCUT2D eigenvalue weighted by atomic mass is 10.6. The zero-order valence-electron chi connectivity index (χ0n) is 3.24. The second kappa shape index (κ2) is 4.22. The van der Waals surface area contributed by atoms with Crippen molar-refractivity contribution in [1.29, 1.82) is 0 Å². The molecule has 0 nitrogen and oxygen atoms in total. The number of hydrogen-bond donors (Lipinski definition) is 0. The van der Waals surface area contributed by atoms with Gasteiger partial charge in [-0.05, 0) is 6.92 Å². The Hall–Kier alpha value is 0.220. The van der Waals surface area contributed by atoms with Crippen molar-refractivity contribution in [3.05, 3.63) is 12.2 Å². The summed E-state index contributed by atoms with van der Waals surface area (Å²) in [6.07, 6.45) is 4.05. The van der Waals surface area contributed by atoms with Gasteiger partial charge in [-0.2, -0.15) is 0 Å². The molecule has 0 rings (SSSR count). The molecule has 30 valence electrons. The maximum absolute atomic E-state index is 3.22. The molecule has 0 fully saturated rings. The van der Waals surface area contributed by atoms with Crippen LogP contribution < -0.4 is 0 Å². The van der Waals surface area contributed by atoms with Gasteiger partial charge >= 0.3 is 0 Å². The quantitative estimate of drug-likeness (QED) is 0.380. The average Bonchev–Trinajstić information content (AvgIpc) is 1.41.